The molecule has 176 valence electrons. The number of hydrogen-bond acceptors (Lipinski definition) is 3. The summed E-state index contributed by atoms with van der Waals surface area (Å²) in [5.74, 6) is -0.152. The minimum Gasteiger partial charge on any atom is -0.343 e. The smallest absolute Gasteiger partial charge is 0.259 e. The maximum Gasteiger partial charge on any atom is 0.259 e. The van der Waals surface area contributed by atoms with Gasteiger partial charge in [0.15, 0.2) is 0 Å². The van der Waals surface area contributed by atoms with Gasteiger partial charge in [0.05, 0.1) is 11.6 Å². The van der Waals surface area contributed by atoms with Gasteiger partial charge in [-0.2, -0.15) is 0 Å². The molecule has 1 fully saturated rings. The zero-order valence-electron chi connectivity index (χ0n) is 19.9. The highest BCUT2D eigenvalue weighted by molar-refractivity contribution is 5.98. The fraction of sp³-hybridized carbons (Fsp3) is 0.267. The lowest BCUT2D eigenvalue weighted by Crippen LogP contribution is -2.50. The van der Waals surface area contributed by atoms with Crippen LogP contribution < -0.4 is 5.43 Å². The van der Waals surface area contributed by atoms with Crippen LogP contribution in [0.1, 0.15) is 46.1 Å². The van der Waals surface area contributed by atoms with Gasteiger partial charge in [-0.15, -0.1) is 0 Å². The molecule has 4 aromatic rings. The van der Waals surface area contributed by atoms with Crippen LogP contribution in [0.3, 0.4) is 0 Å². The molecule has 1 aromatic heterocycles. The summed E-state index contributed by atoms with van der Waals surface area (Å²) in [4.78, 5) is 31.2. The first-order valence-electron chi connectivity index (χ1n) is 12.4. The summed E-state index contributed by atoms with van der Waals surface area (Å²) in [6.07, 6.45) is 2.70. The van der Waals surface area contributed by atoms with Crippen LogP contribution in [0.5, 0.6) is 0 Å². The predicted octanol–water partition coefficient (Wildman–Crippen LogP) is 4.67. The lowest BCUT2D eigenvalue weighted by Gasteiger charge is -2.39. The standard InChI is InChI=1S/C30H29N3O2/c1-21-19-24-13-8-14-25-28(24)33(21)20-26(29(25)34)30(35)32-17-15-31(16-18-32)27(22-9-4-2-5-10-22)23-11-6-3-7-12-23/h2-14,20-21,27H,15-19H2,1H3/t21-/m1/s1. The van der Waals surface area contributed by atoms with Crippen molar-refractivity contribution in [2.45, 2.75) is 25.4 Å². The fourth-order valence-corrected chi connectivity index (χ4v) is 5.81. The lowest BCUT2D eigenvalue weighted by atomic mass is 9.96. The molecule has 1 amide bonds. The molecule has 2 aliphatic heterocycles. The van der Waals surface area contributed by atoms with Crippen LogP contribution in [0.25, 0.3) is 10.9 Å². The van der Waals surface area contributed by atoms with E-state index in [2.05, 4.69) is 71.0 Å². The molecule has 6 rings (SSSR count). The third kappa shape index (κ3) is 3.76. The molecular weight excluding hydrogens is 434 g/mol. The van der Waals surface area contributed by atoms with Crippen molar-refractivity contribution in [2.75, 3.05) is 26.2 Å². The van der Waals surface area contributed by atoms with Crippen LogP contribution in [0, 0.1) is 0 Å². The van der Waals surface area contributed by atoms with Crippen molar-refractivity contribution in [1.29, 1.82) is 0 Å². The first kappa shape index (κ1) is 21.8. The lowest BCUT2D eigenvalue weighted by molar-refractivity contribution is 0.0595. The van der Waals surface area contributed by atoms with Crippen molar-refractivity contribution in [3.63, 3.8) is 0 Å². The van der Waals surface area contributed by atoms with Crippen LogP contribution in [0.4, 0.5) is 0 Å². The molecule has 1 atom stereocenters. The average Bonchev–Trinajstić information content (AvgIpc) is 3.23. The summed E-state index contributed by atoms with van der Waals surface area (Å²) in [5, 5.41) is 0.657. The SMILES string of the molecule is C[C@@H]1Cc2cccc3c(=O)c(C(=O)N4CCN(C(c5ccccc5)c5ccccc5)CC4)cn1c23. The van der Waals surface area contributed by atoms with Crippen molar-refractivity contribution >= 4 is 16.8 Å². The van der Waals surface area contributed by atoms with Gasteiger partial charge in [-0.3, -0.25) is 14.5 Å². The first-order valence-corrected chi connectivity index (χ1v) is 12.4. The Labute approximate surface area is 205 Å². The number of nitrogens with zero attached hydrogens (tertiary/aromatic N) is 3. The number of benzene rings is 3. The summed E-state index contributed by atoms with van der Waals surface area (Å²) in [6, 6.07) is 27.3. The van der Waals surface area contributed by atoms with Gasteiger partial charge in [-0.05, 0) is 36.1 Å². The van der Waals surface area contributed by atoms with E-state index in [0.29, 0.717) is 24.0 Å². The molecule has 5 heteroatoms. The van der Waals surface area contributed by atoms with Gasteiger partial charge < -0.3 is 9.47 Å². The molecule has 0 N–H and O–H groups in total. The largest absolute Gasteiger partial charge is 0.343 e. The molecule has 2 aliphatic rings. The van der Waals surface area contributed by atoms with Crippen molar-refractivity contribution in [1.82, 2.24) is 14.4 Å². The van der Waals surface area contributed by atoms with E-state index in [1.54, 1.807) is 6.20 Å². The first-order chi connectivity index (χ1) is 17.1. The molecule has 0 saturated carbocycles. The average molecular weight is 464 g/mol. The second-order valence-corrected chi connectivity index (χ2v) is 9.70. The fourth-order valence-electron chi connectivity index (χ4n) is 5.81. The van der Waals surface area contributed by atoms with Crippen molar-refractivity contribution < 1.29 is 4.79 Å². The van der Waals surface area contributed by atoms with Crippen LogP contribution in [0.15, 0.2) is 89.9 Å². The maximum atomic E-state index is 13.6. The Kier molecular flexibility index (Phi) is 5.50. The molecule has 5 nitrogen and oxygen atoms in total. The number of carbonyl (C=O) groups is 1. The summed E-state index contributed by atoms with van der Waals surface area (Å²) in [6.45, 7) is 4.85. The topological polar surface area (TPSA) is 45.6 Å². The second kappa shape index (κ2) is 8.82. The number of hydrogen-bond donors (Lipinski definition) is 0. The Morgan fingerprint density at radius 2 is 1.46 bits per heavy atom. The Hall–Kier alpha value is -3.70. The summed E-state index contributed by atoms with van der Waals surface area (Å²) < 4.78 is 2.12. The summed E-state index contributed by atoms with van der Waals surface area (Å²) in [5.41, 5.74) is 4.82. The quantitative estimate of drug-likeness (QED) is 0.442. The predicted molar refractivity (Wildman–Crippen MR) is 139 cm³/mol. The molecule has 3 aromatic carbocycles. The number of amides is 1. The van der Waals surface area contributed by atoms with E-state index >= 15 is 0 Å². The third-order valence-electron chi connectivity index (χ3n) is 7.55. The summed E-state index contributed by atoms with van der Waals surface area (Å²) in [7, 11) is 0. The minimum absolute atomic E-state index is 0.140. The number of para-hydroxylation sites is 1. The van der Waals surface area contributed by atoms with Gasteiger partial charge in [-0.1, -0.05) is 72.8 Å². The van der Waals surface area contributed by atoms with E-state index in [1.807, 2.05) is 29.2 Å². The van der Waals surface area contributed by atoms with Crippen LogP contribution in [-0.4, -0.2) is 46.5 Å². The molecule has 3 heterocycles. The molecule has 1 saturated heterocycles. The normalized spacial score (nSPS) is 17.9. The van der Waals surface area contributed by atoms with Crippen molar-refractivity contribution in [2.24, 2.45) is 0 Å². The van der Waals surface area contributed by atoms with Crippen molar-refractivity contribution in [3.05, 3.63) is 118 Å². The molecule has 0 spiro atoms. The molecule has 0 radical (unpaired) electrons. The van der Waals surface area contributed by atoms with E-state index in [1.165, 1.54) is 16.7 Å². The molecule has 35 heavy (non-hydrogen) atoms. The molecular formula is C30H29N3O2. The molecule has 0 bridgehead atoms. The van der Waals surface area contributed by atoms with Gasteiger partial charge in [0.2, 0.25) is 5.43 Å². The number of carbonyl (C=O) groups excluding carboxylic acids is 1. The zero-order valence-corrected chi connectivity index (χ0v) is 19.9. The van der Waals surface area contributed by atoms with Gasteiger partial charge >= 0.3 is 0 Å². The highest BCUT2D eigenvalue weighted by Gasteiger charge is 2.31. The minimum atomic E-state index is -0.152. The monoisotopic (exact) mass is 463 g/mol. The molecule has 0 unspecified atom stereocenters. The van der Waals surface area contributed by atoms with Gasteiger partial charge in [-0.25, -0.2) is 0 Å². The zero-order chi connectivity index (χ0) is 23.9. The third-order valence-corrected chi connectivity index (χ3v) is 7.55. The van der Waals surface area contributed by atoms with E-state index in [9.17, 15) is 9.59 Å². The highest BCUT2D eigenvalue weighted by atomic mass is 16.2. The van der Waals surface area contributed by atoms with E-state index < -0.39 is 0 Å². The number of aromatic nitrogens is 1. The van der Waals surface area contributed by atoms with Crippen molar-refractivity contribution in [3.8, 4) is 0 Å². The van der Waals surface area contributed by atoms with Gasteiger partial charge in [0.1, 0.15) is 5.56 Å². The van der Waals surface area contributed by atoms with E-state index in [0.717, 1.165) is 25.0 Å². The Morgan fingerprint density at radius 1 is 0.829 bits per heavy atom. The number of pyridine rings is 1. The van der Waals surface area contributed by atoms with Crippen LogP contribution in [0.2, 0.25) is 0 Å². The maximum absolute atomic E-state index is 13.6. The van der Waals surface area contributed by atoms with Gasteiger partial charge in [0, 0.05) is 43.8 Å². The Morgan fingerprint density at radius 3 is 2.09 bits per heavy atom. The number of rotatable bonds is 4. The van der Waals surface area contributed by atoms with Crippen LogP contribution in [-0.2, 0) is 6.42 Å². The Balaban J connectivity index is 1.27. The summed E-state index contributed by atoms with van der Waals surface area (Å²) >= 11 is 0. The molecule has 0 aliphatic carbocycles. The highest BCUT2D eigenvalue weighted by Crippen LogP contribution is 2.32. The van der Waals surface area contributed by atoms with E-state index in [-0.39, 0.29) is 23.4 Å². The van der Waals surface area contributed by atoms with E-state index in [4.69, 9.17) is 0 Å². The Bertz CT molecular complexity index is 1400. The van der Waals surface area contributed by atoms with Crippen LogP contribution >= 0.6 is 0 Å². The van der Waals surface area contributed by atoms with Gasteiger partial charge in [0.25, 0.3) is 5.91 Å². The number of piperazine rings is 1. The second-order valence-electron chi connectivity index (χ2n) is 9.70.